The average Bonchev–Trinajstić information content (AvgIpc) is 4.03. The molecular weight excluding hydrogens is 911 g/mol. The van der Waals surface area contributed by atoms with Crippen LogP contribution in [0.4, 0.5) is 0 Å². The molecule has 0 spiro atoms. The predicted molar refractivity (Wildman–Crippen MR) is 228 cm³/mol. The van der Waals surface area contributed by atoms with Gasteiger partial charge < -0.3 is 5.11 Å². The third-order valence-corrected chi connectivity index (χ3v) is 9.74. The molecule has 1 radical (unpaired) electrons. The third kappa shape index (κ3) is 7.28. The fourth-order valence-electron chi connectivity index (χ4n) is 6.96. The molecule has 3 heterocycles. The van der Waals surface area contributed by atoms with Crippen molar-refractivity contribution in [1.82, 2.24) is 45.0 Å². The van der Waals surface area contributed by atoms with E-state index in [-0.39, 0.29) is 25.9 Å². The van der Waals surface area contributed by atoms with Crippen molar-refractivity contribution in [3.63, 3.8) is 0 Å². The smallest absolute Gasteiger partial charge is 0.143 e. The van der Waals surface area contributed by atoms with Gasteiger partial charge in [0.2, 0.25) is 0 Å². The minimum atomic E-state index is 0. The molecule has 0 saturated heterocycles. The van der Waals surface area contributed by atoms with Crippen LogP contribution in [0.3, 0.4) is 0 Å². The summed E-state index contributed by atoms with van der Waals surface area (Å²) < 4.78 is 0. The average molecular weight is 942 g/mol. The molecule has 0 aliphatic rings. The zero-order chi connectivity index (χ0) is 38.8. The van der Waals surface area contributed by atoms with Crippen LogP contribution in [0, 0.1) is 12.1 Å². The normalized spacial score (nSPS) is 11.0. The second-order valence-corrected chi connectivity index (χ2v) is 13.4. The van der Waals surface area contributed by atoms with Crippen LogP contribution >= 0.6 is 0 Å². The molecule has 10 nitrogen and oxygen atoms in total. The van der Waals surface area contributed by atoms with Crippen molar-refractivity contribution in [2.75, 3.05) is 0 Å². The Kier molecular flexibility index (Phi) is 10.1. The molecule has 0 aliphatic carbocycles. The van der Waals surface area contributed by atoms with E-state index in [1.807, 2.05) is 152 Å². The summed E-state index contributed by atoms with van der Waals surface area (Å²) in [4.78, 5) is 4.82. The fraction of sp³-hybridized carbons (Fsp3) is 0. The van der Waals surface area contributed by atoms with Crippen LogP contribution in [0.5, 0.6) is 5.75 Å². The molecular formula is C48H31IrN9O-2. The van der Waals surface area contributed by atoms with Gasteiger partial charge in [-0.1, -0.05) is 103 Å². The second kappa shape index (κ2) is 16.1. The van der Waals surface area contributed by atoms with Gasteiger partial charge in [0.1, 0.15) is 44.5 Å². The largest absolute Gasteiger partial charge is 0.506 e. The van der Waals surface area contributed by atoms with Crippen LogP contribution in [-0.4, -0.2) is 50.1 Å². The Hall–Kier alpha value is -7.59. The molecule has 0 bridgehead atoms. The summed E-state index contributed by atoms with van der Waals surface area (Å²) in [7, 11) is 0. The molecule has 0 unspecified atom stereocenters. The maximum atomic E-state index is 10.2. The van der Waals surface area contributed by atoms with Crippen molar-refractivity contribution in [3.05, 3.63) is 194 Å². The molecule has 285 valence electrons. The summed E-state index contributed by atoms with van der Waals surface area (Å²) in [5, 5.41) is 43.6. The van der Waals surface area contributed by atoms with E-state index in [0.29, 0.717) is 5.69 Å². The second-order valence-electron chi connectivity index (χ2n) is 13.4. The number of phenols is 1. The van der Waals surface area contributed by atoms with E-state index in [1.165, 1.54) is 4.80 Å². The van der Waals surface area contributed by atoms with Crippen molar-refractivity contribution in [2.24, 2.45) is 0 Å². The van der Waals surface area contributed by atoms with Crippen molar-refractivity contribution in [1.29, 1.82) is 0 Å². The first kappa shape index (κ1) is 37.0. The Balaban J connectivity index is 0.000000113. The van der Waals surface area contributed by atoms with Crippen molar-refractivity contribution >= 4 is 65.4 Å². The Labute approximate surface area is 350 Å². The minimum Gasteiger partial charge on any atom is -0.506 e. The summed E-state index contributed by atoms with van der Waals surface area (Å²) in [5.74, 6) is 0.170. The van der Waals surface area contributed by atoms with Crippen LogP contribution in [0.15, 0.2) is 182 Å². The number of fused-ring (bicyclic) bond motifs is 6. The molecule has 11 heteroatoms. The summed E-state index contributed by atoms with van der Waals surface area (Å²) in [6, 6.07) is 65.5. The predicted octanol–water partition coefficient (Wildman–Crippen LogP) is 10.0. The molecule has 0 atom stereocenters. The van der Waals surface area contributed by atoms with Crippen molar-refractivity contribution in [3.8, 4) is 22.8 Å². The maximum absolute atomic E-state index is 10.2. The van der Waals surface area contributed by atoms with Gasteiger partial charge in [0.15, 0.2) is 0 Å². The fourth-order valence-corrected chi connectivity index (χ4v) is 6.96. The van der Waals surface area contributed by atoms with Crippen molar-refractivity contribution < 1.29 is 25.2 Å². The Morgan fingerprint density at radius 3 is 1.07 bits per heavy atom. The van der Waals surface area contributed by atoms with Crippen LogP contribution in [0.2, 0.25) is 0 Å². The number of aromatic hydroxyl groups is 1. The number of hydrogen-bond acceptors (Lipinski definition) is 7. The number of rotatable bonds is 3. The van der Waals surface area contributed by atoms with Crippen LogP contribution in [0.25, 0.3) is 82.5 Å². The number of hydrogen-bond donors (Lipinski definition) is 1. The van der Waals surface area contributed by atoms with Gasteiger partial charge in [-0.2, -0.15) is 66.4 Å². The SMILES string of the molecule is Oc1ccc2ccccc2c1-n1nc2ccccc2n1.[Ir].[c-]1ccc2ccccc2c1-n1nc2ccccc2n1.[c-]1ccc2ccccc2c1-n1nc2ccccc2n1. The summed E-state index contributed by atoms with van der Waals surface area (Å²) in [6.07, 6.45) is 0. The molecule has 9 aromatic carbocycles. The molecule has 12 aromatic rings. The Morgan fingerprint density at radius 1 is 0.339 bits per heavy atom. The zero-order valence-electron chi connectivity index (χ0n) is 31.1. The van der Waals surface area contributed by atoms with Crippen LogP contribution < -0.4 is 0 Å². The monoisotopic (exact) mass is 942 g/mol. The Morgan fingerprint density at radius 2 is 0.661 bits per heavy atom. The van der Waals surface area contributed by atoms with Gasteiger partial charge in [-0.25, -0.2) is 0 Å². The first-order chi connectivity index (χ1) is 28.7. The number of benzene rings is 9. The number of aromatic nitrogens is 9. The van der Waals surface area contributed by atoms with E-state index in [0.717, 1.165) is 76.8 Å². The number of nitrogens with zero attached hydrogens (tertiary/aromatic N) is 9. The third-order valence-electron chi connectivity index (χ3n) is 9.74. The maximum Gasteiger partial charge on any atom is 0.143 e. The number of phenolic OH excluding ortho intramolecular Hbond substituents is 1. The quantitative estimate of drug-likeness (QED) is 0.176. The molecule has 0 aliphatic heterocycles. The summed E-state index contributed by atoms with van der Waals surface area (Å²) >= 11 is 0. The van der Waals surface area contributed by atoms with E-state index < -0.39 is 0 Å². The van der Waals surface area contributed by atoms with E-state index >= 15 is 0 Å². The van der Waals surface area contributed by atoms with Gasteiger partial charge >= 0.3 is 0 Å². The molecule has 0 fully saturated rings. The van der Waals surface area contributed by atoms with E-state index in [1.54, 1.807) is 15.7 Å². The van der Waals surface area contributed by atoms with Gasteiger partial charge in [0, 0.05) is 25.5 Å². The summed E-state index contributed by atoms with van der Waals surface area (Å²) in [6.45, 7) is 0. The first-order valence-electron chi connectivity index (χ1n) is 18.6. The first-order valence-corrected chi connectivity index (χ1v) is 18.6. The van der Waals surface area contributed by atoms with Crippen LogP contribution in [0.1, 0.15) is 0 Å². The zero-order valence-corrected chi connectivity index (χ0v) is 33.5. The van der Waals surface area contributed by atoms with Gasteiger partial charge in [-0.05, 0) is 59.2 Å². The van der Waals surface area contributed by atoms with Gasteiger partial charge in [0.05, 0.1) is 0 Å². The van der Waals surface area contributed by atoms with Gasteiger partial charge in [-0.3, -0.25) is 0 Å². The Bertz CT molecular complexity index is 3150. The van der Waals surface area contributed by atoms with Crippen LogP contribution in [-0.2, 0) is 20.1 Å². The van der Waals surface area contributed by atoms with E-state index in [2.05, 4.69) is 67.0 Å². The topological polar surface area (TPSA) is 112 Å². The van der Waals surface area contributed by atoms with Crippen molar-refractivity contribution in [2.45, 2.75) is 0 Å². The van der Waals surface area contributed by atoms with Gasteiger partial charge in [0.25, 0.3) is 0 Å². The molecule has 0 saturated carbocycles. The standard InChI is InChI=1S/C16H11N3O.2C16H10N3.Ir/c20-15-10-9-11-5-1-2-6-12(11)16(15)19-17-13-7-3-4-8-14(13)18-19;2*1-2-8-13-12(6-1)7-5-11-16(13)19-17-14-9-3-4-10-15(14)18-19;/h1-10,20H;2*1-10H;/q;2*-1;. The minimum absolute atomic E-state index is 0. The van der Waals surface area contributed by atoms with E-state index in [9.17, 15) is 5.11 Å². The molecule has 1 N–H and O–H groups in total. The van der Waals surface area contributed by atoms with Gasteiger partial charge in [-0.15, -0.1) is 48.7 Å². The molecule has 0 amide bonds. The van der Waals surface area contributed by atoms with E-state index in [4.69, 9.17) is 0 Å². The molecule has 3 aromatic heterocycles. The summed E-state index contributed by atoms with van der Waals surface area (Å²) in [5.41, 5.74) is 7.56. The molecule has 12 rings (SSSR count). The molecule has 59 heavy (non-hydrogen) atoms.